The molecular formula is C23H23N3O2. The van der Waals surface area contributed by atoms with Crippen molar-refractivity contribution in [3.63, 3.8) is 0 Å². The number of aliphatic imine (C=N–C) groups is 1. The van der Waals surface area contributed by atoms with Gasteiger partial charge in [-0.25, -0.2) is 5.48 Å². The Kier molecular flexibility index (Phi) is 5.35. The smallest absolute Gasteiger partial charge is 0.276 e. The van der Waals surface area contributed by atoms with Gasteiger partial charge in [0.25, 0.3) is 5.91 Å². The molecule has 0 radical (unpaired) electrons. The third-order valence-electron chi connectivity index (χ3n) is 5.25. The van der Waals surface area contributed by atoms with Crippen LogP contribution in [0.15, 0.2) is 77.4 Å². The average Bonchev–Trinajstić information content (AvgIpc) is 2.87. The molecule has 1 aliphatic carbocycles. The molecule has 0 spiro atoms. The summed E-state index contributed by atoms with van der Waals surface area (Å²) in [5.74, 6) is 0.277. The van der Waals surface area contributed by atoms with E-state index in [2.05, 4.69) is 53.8 Å². The molecule has 3 N–H and O–H groups in total. The van der Waals surface area contributed by atoms with Crippen LogP contribution in [0.4, 0.5) is 0 Å². The second-order valence-electron chi connectivity index (χ2n) is 7.00. The maximum absolute atomic E-state index is 11.7. The van der Waals surface area contributed by atoms with Gasteiger partial charge < -0.3 is 5.32 Å². The Morgan fingerprint density at radius 2 is 1.64 bits per heavy atom. The van der Waals surface area contributed by atoms with Gasteiger partial charge in [0.1, 0.15) is 11.9 Å². The maximum Gasteiger partial charge on any atom is 0.276 e. The number of nitrogens with one attached hydrogen (secondary N) is 2. The molecule has 0 unspecified atom stereocenters. The minimum Gasteiger partial charge on any atom is -0.350 e. The fourth-order valence-corrected chi connectivity index (χ4v) is 3.81. The van der Waals surface area contributed by atoms with Crippen LogP contribution in [-0.2, 0) is 17.6 Å². The molecule has 28 heavy (non-hydrogen) atoms. The Labute approximate surface area is 164 Å². The van der Waals surface area contributed by atoms with Crippen molar-refractivity contribution >= 4 is 11.7 Å². The molecule has 0 aromatic heterocycles. The molecule has 1 heterocycles. The van der Waals surface area contributed by atoms with Crippen LogP contribution in [-0.4, -0.2) is 17.0 Å². The van der Waals surface area contributed by atoms with Crippen molar-refractivity contribution in [3.8, 4) is 0 Å². The Morgan fingerprint density at radius 3 is 2.29 bits per heavy atom. The van der Waals surface area contributed by atoms with E-state index in [-0.39, 0.29) is 6.04 Å². The second kappa shape index (κ2) is 8.23. The van der Waals surface area contributed by atoms with Crippen molar-refractivity contribution in [1.82, 2.24) is 10.8 Å². The second-order valence-corrected chi connectivity index (χ2v) is 7.00. The Bertz CT molecular complexity index is 928. The number of amidine groups is 1. The lowest BCUT2D eigenvalue weighted by Gasteiger charge is -2.19. The first-order valence-electron chi connectivity index (χ1n) is 9.56. The van der Waals surface area contributed by atoms with Crippen LogP contribution in [0.1, 0.15) is 41.1 Å². The number of hydrogen-bond acceptors (Lipinski definition) is 3. The van der Waals surface area contributed by atoms with E-state index in [4.69, 9.17) is 10.2 Å². The number of benzene rings is 2. The summed E-state index contributed by atoms with van der Waals surface area (Å²) >= 11 is 0. The molecule has 5 nitrogen and oxygen atoms in total. The molecule has 0 saturated heterocycles. The first kappa shape index (κ1) is 18.2. The van der Waals surface area contributed by atoms with Crippen LogP contribution >= 0.6 is 0 Å². The van der Waals surface area contributed by atoms with Gasteiger partial charge in [-0.3, -0.25) is 15.0 Å². The Morgan fingerprint density at radius 1 is 1.00 bits per heavy atom. The van der Waals surface area contributed by atoms with Crippen LogP contribution < -0.4 is 10.8 Å². The van der Waals surface area contributed by atoms with Crippen LogP contribution in [0.5, 0.6) is 0 Å². The number of allylic oxidation sites excluding steroid dienone is 1. The van der Waals surface area contributed by atoms with E-state index in [0.29, 0.717) is 5.57 Å². The summed E-state index contributed by atoms with van der Waals surface area (Å²) in [4.78, 5) is 16.8. The number of fused-ring (bicyclic) bond motifs is 2. The van der Waals surface area contributed by atoms with E-state index in [1.165, 1.54) is 22.3 Å². The summed E-state index contributed by atoms with van der Waals surface area (Å²) in [6.45, 7) is 0. The average molecular weight is 373 g/mol. The lowest BCUT2D eigenvalue weighted by molar-refractivity contribution is -0.124. The largest absolute Gasteiger partial charge is 0.350 e. The zero-order chi connectivity index (χ0) is 19.3. The van der Waals surface area contributed by atoms with Crippen LogP contribution in [0, 0.1) is 0 Å². The van der Waals surface area contributed by atoms with Crippen molar-refractivity contribution in [2.75, 3.05) is 0 Å². The lowest BCUT2D eigenvalue weighted by Crippen LogP contribution is -2.25. The number of aryl methyl sites for hydroxylation is 2. The number of nitrogens with zero attached hydrogens (tertiary/aromatic N) is 1. The van der Waals surface area contributed by atoms with E-state index in [9.17, 15) is 4.79 Å². The fraction of sp³-hybridized carbons (Fsp3) is 0.217. The number of hydroxylamine groups is 1. The van der Waals surface area contributed by atoms with Crippen molar-refractivity contribution < 1.29 is 10.0 Å². The highest BCUT2D eigenvalue weighted by molar-refractivity contribution is 5.96. The van der Waals surface area contributed by atoms with Gasteiger partial charge in [-0.1, -0.05) is 60.7 Å². The molecule has 2 aliphatic rings. The highest BCUT2D eigenvalue weighted by Gasteiger charge is 2.23. The predicted molar refractivity (Wildman–Crippen MR) is 109 cm³/mol. The standard InChI is InChI=1S/C23H23N3O2/c27-23(26-28)18-9-3-6-12-21(24-15-18)25-22-19-10-4-1-7-16(19)13-14-17-8-2-5-11-20(17)22/h1-5,7-11,15,22,28H,6,12-14H2,(H,24,25)(H,26,27)/b9-3-,18-15+. The molecule has 2 aromatic rings. The van der Waals surface area contributed by atoms with Crippen molar-refractivity contribution in [1.29, 1.82) is 0 Å². The third kappa shape index (κ3) is 3.75. The summed E-state index contributed by atoms with van der Waals surface area (Å²) < 4.78 is 0. The van der Waals surface area contributed by atoms with Gasteiger partial charge >= 0.3 is 0 Å². The summed E-state index contributed by atoms with van der Waals surface area (Å²) in [5.41, 5.74) is 7.16. The fourth-order valence-electron chi connectivity index (χ4n) is 3.81. The van der Waals surface area contributed by atoms with E-state index in [1.54, 1.807) is 17.8 Å². The zero-order valence-corrected chi connectivity index (χ0v) is 15.6. The minimum atomic E-state index is -0.546. The predicted octanol–water partition coefficient (Wildman–Crippen LogP) is 3.60. The topological polar surface area (TPSA) is 73.7 Å². The number of rotatable bonds is 2. The van der Waals surface area contributed by atoms with E-state index in [0.717, 1.165) is 31.5 Å². The highest BCUT2D eigenvalue weighted by atomic mass is 16.5. The molecule has 0 bridgehead atoms. The molecule has 1 amide bonds. The monoisotopic (exact) mass is 373 g/mol. The quantitative estimate of drug-likeness (QED) is 0.556. The first-order valence-corrected chi connectivity index (χ1v) is 9.56. The molecule has 4 rings (SSSR count). The van der Waals surface area contributed by atoms with Gasteiger partial charge in [0.15, 0.2) is 0 Å². The Hall–Kier alpha value is -3.18. The van der Waals surface area contributed by atoms with Gasteiger partial charge in [-0.15, -0.1) is 0 Å². The molecule has 5 heteroatoms. The van der Waals surface area contributed by atoms with Crippen molar-refractivity contribution in [2.24, 2.45) is 4.99 Å². The lowest BCUT2D eigenvalue weighted by atomic mass is 9.95. The summed E-state index contributed by atoms with van der Waals surface area (Å²) in [6.07, 6.45) is 8.74. The first-order chi connectivity index (χ1) is 13.8. The highest BCUT2D eigenvalue weighted by Crippen LogP contribution is 2.35. The number of carbonyl (C=O) groups excluding carboxylic acids is 1. The summed E-state index contributed by atoms with van der Waals surface area (Å²) in [5, 5.41) is 12.1. The molecule has 0 atom stereocenters. The van der Waals surface area contributed by atoms with Gasteiger partial charge in [0.2, 0.25) is 0 Å². The van der Waals surface area contributed by atoms with Crippen LogP contribution in [0.2, 0.25) is 0 Å². The number of amides is 1. The molecule has 0 fully saturated rings. The molecule has 1 aliphatic heterocycles. The number of hydrogen-bond donors (Lipinski definition) is 3. The molecule has 2 aromatic carbocycles. The molecule has 0 saturated carbocycles. The van der Waals surface area contributed by atoms with Gasteiger partial charge in [0, 0.05) is 12.6 Å². The van der Waals surface area contributed by atoms with E-state index in [1.807, 2.05) is 6.08 Å². The van der Waals surface area contributed by atoms with E-state index >= 15 is 0 Å². The minimum absolute atomic E-state index is 0.0793. The van der Waals surface area contributed by atoms with Gasteiger partial charge in [-0.05, 0) is 41.5 Å². The van der Waals surface area contributed by atoms with Crippen LogP contribution in [0.25, 0.3) is 0 Å². The van der Waals surface area contributed by atoms with Crippen molar-refractivity contribution in [2.45, 2.75) is 31.7 Å². The molecule has 142 valence electrons. The normalized spacial score (nSPS) is 21.0. The van der Waals surface area contributed by atoms with Gasteiger partial charge in [0.05, 0.1) is 5.57 Å². The van der Waals surface area contributed by atoms with E-state index < -0.39 is 5.91 Å². The Balaban J connectivity index is 1.75. The third-order valence-corrected chi connectivity index (χ3v) is 5.25. The summed E-state index contributed by atoms with van der Waals surface area (Å²) in [6, 6.07) is 16.9. The zero-order valence-electron chi connectivity index (χ0n) is 15.6. The van der Waals surface area contributed by atoms with Crippen molar-refractivity contribution in [3.05, 3.63) is 94.7 Å². The van der Waals surface area contributed by atoms with Gasteiger partial charge in [-0.2, -0.15) is 0 Å². The van der Waals surface area contributed by atoms with Crippen LogP contribution in [0.3, 0.4) is 0 Å². The maximum atomic E-state index is 11.7. The molecular weight excluding hydrogens is 350 g/mol. The number of carbonyl (C=O) groups is 1. The summed E-state index contributed by atoms with van der Waals surface area (Å²) in [7, 11) is 0. The SMILES string of the molecule is O=C(NO)C1=C/NC(=NC2c3ccccc3CCc3ccccc32)CC/C=C\1.